The van der Waals surface area contributed by atoms with E-state index in [0.717, 1.165) is 11.3 Å². The Morgan fingerprint density at radius 3 is 2.86 bits per heavy atom. The van der Waals surface area contributed by atoms with Crippen molar-refractivity contribution in [1.82, 2.24) is 25.1 Å². The minimum atomic E-state index is -0.182. The zero-order valence-electron chi connectivity index (χ0n) is 12.5. The van der Waals surface area contributed by atoms with Gasteiger partial charge in [-0.25, -0.2) is 4.68 Å². The first-order valence-electron chi connectivity index (χ1n) is 7.16. The monoisotopic (exact) mass is 299 g/mol. The molecule has 0 saturated heterocycles. The first-order valence-corrected chi connectivity index (χ1v) is 7.16. The van der Waals surface area contributed by atoms with E-state index in [4.69, 9.17) is 9.26 Å². The zero-order valence-corrected chi connectivity index (χ0v) is 12.5. The Labute approximate surface area is 127 Å². The number of rotatable bonds is 6. The number of ether oxygens (including phenoxy) is 1. The van der Waals surface area contributed by atoms with Gasteiger partial charge in [0.2, 0.25) is 5.89 Å². The third-order valence-electron chi connectivity index (χ3n) is 3.17. The van der Waals surface area contributed by atoms with Crippen molar-refractivity contribution in [3.8, 4) is 11.3 Å². The van der Waals surface area contributed by atoms with E-state index >= 15 is 0 Å². The van der Waals surface area contributed by atoms with E-state index in [1.807, 2.05) is 50.4 Å². The van der Waals surface area contributed by atoms with Crippen LogP contribution in [0.5, 0.6) is 0 Å². The molecule has 7 nitrogen and oxygen atoms in total. The Morgan fingerprint density at radius 1 is 1.27 bits per heavy atom. The highest BCUT2D eigenvalue weighted by atomic mass is 16.5. The Hall–Kier alpha value is -2.54. The molecule has 0 spiro atoms. The quantitative estimate of drug-likeness (QED) is 0.695. The van der Waals surface area contributed by atoms with Crippen LogP contribution in [0.1, 0.15) is 31.7 Å². The van der Waals surface area contributed by atoms with Crippen molar-refractivity contribution in [2.24, 2.45) is 0 Å². The Bertz CT molecular complexity index is 722. The van der Waals surface area contributed by atoms with E-state index in [9.17, 15) is 0 Å². The van der Waals surface area contributed by atoms with E-state index in [1.54, 1.807) is 4.68 Å². The van der Waals surface area contributed by atoms with E-state index in [2.05, 4.69) is 20.5 Å². The van der Waals surface area contributed by atoms with E-state index < -0.39 is 0 Å². The van der Waals surface area contributed by atoms with Crippen molar-refractivity contribution in [2.45, 2.75) is 26.5 Å². The molecule has 0 aliphatic heterocycles. The van der Waals surface area contributed by atoms with Gasteiger partial charge in [-0.05, 0) is 13.8 Å². The number of nitrogens with zero attached hydrogens (tertiary/aromatic N) is 5. The molecule has 1 aromatic carbocycles. The number of hydrogen-bond acceptors (Lipinski definition) is 6. The summed E-state index contributed by atoms with van der Waals surface area (Å²) in [7, 11) is 0. The molecule has 114 valence electrons. The van der Waals surface area contributed by atoms with Crippen molar-refractivity contribution in [2.75, 3.05) is 6.61 Å². The van der Waals surface area contributed by atoms with Gasteiger partial charge in [-0.15, -0.1) is 5.10 Å². The largest absolute Gasteiger partial charge is 0.371 e. The van der Waals surface area contributed by atoms with Crippen LogP contribution in [0.15, 0.2) is 41.1 Å². The molecule has 7 heteroatoms. The summed E-state index contributed by atoms with van der Waals surface area (Å²) in [5.41, 5.74) is 1.83. The van der Waals surface area contributed by atoms with Gasteiger partial charge in [0, 0.05) is 12.2 Å². The molecule has 0 bridgehead atoms. The highest BCUT2D eigenvalue weighted by Gasteiger charge is 2.14. The van der Waals surface area contributed by atoms with Crippen LogP contribution >= 0.6 is 0 Å². The van der Waals surface area contributed by atoms with Gasteiger partial charge in [0.1, 0.15) is 18.3 Å². The number of aromatic nitrogens is 5. The summed E-state index contributed by atoms with van der Waals surface area (Å²) in [4.78, 5) is 4.31. The molecule has 0 N–H and O–H groups in total. The zero-order chi connectivity index (χ0) is 15.4. The van der Waals surface area contributed by atoms with Crippen LogP contribution in [0.3, 0.4) is 0 Å². The number of benzene rings is 1. The second-order valence-corrected chi connectivity index (χ2v) is 4.81. The first-order chi connectivity index (χ1) is 10.8. The molecule has 0 saturated carbocycles. The van der Waals surface area contributed by atoms with Crippen LogP contribution < -0.4 is 0 Å². The fourth-order valence-corrected chi connectivity index (χ4v) is 2.08. The van der Waals surface area contributed by atoms with E-state index in [1.165, 1.54) is 0 Å². The smallest absolute Gasteiger partial charge is 0.248 e. The topological polar surface area (TPSA) is 78.9 Å². The fraction of sp³-hybridized carbons (Fsp3) is 0.333. The first kappa shape index (κ1) is 14.4. The molecular formula is C15H17N5O2. The van der Waals surface area contributed by atoms with E-state index in [-0.39, 0.29) is 6.10 Å². The van der Waals surface area contributed by atoms with Crippen molar-refractivity contribution in [3.63, 3.8) is 0 Å². The molecular weight excluding hydrogens is 282 g/mol. The lowest BCUT2D eigenvalue weighted by Gasteiger charge is -2.04. The average Bonchev–Trinajstić information content (AvgIpc) is 3.18. The van der Waals surface area contributed by atoms with Crippen LogP contribution in [-0.2, 0) is 11.3 Å². The summed E-state index contributed by atoms with van der Waals surface area (Å²) in [5.74, 6) is 1.02. The summed E-state index contributed by atoms with van der Waals surface area (Å²) >= 11 is 0. The van der Waals surface area contributed by atoms with Gasteiger partial charge in [-0.2, -0.15) is 4.98 Å². The van der Waals surface area contributed by atoms with Crippen molar-refractivity contribution < 1.29 is 9.26 Å². The molecule has 3 rings (SSSR count). The molecule has 0 amide bonds. The molecule has 1 unspecified atom stereocenters. The predicted molar refractivity (Wildman–Crippen MR) is 78.9 cm³/mol. The van der Waals surface area contributed by atoms with Gasteiger partial charge >= 0.3 is 0 Å². The van der Waals surface area contributed by atoms with Crippen LogP contribution in [0, 0.1) is 0 Å². The Balaban J connectivity index is 1.70. The van der Waals surface area contributed by atoms with Crippen LogP contribution in [0.2, 0.25) is 0 Å². The standard InChI is InChI=1S/C15H17N5O2/c1-3-21-11(2)15-16-14(22-18-15)10-20-9-13(17-19-20)12-7-5-4-6-8-12/h4-9,11H,3,10H2,1-2H3. The maximum absolute atomic E-state index is 5.43. The molecule has 0 aliphatic carbocycles. The van der Waals surface area contributed by atoms with Crippen LogP contribution in [-0.4, -0.2) is 31.7 Å². The molecule has 1 atom stereocenters. The molecule has 22 heavy (non-hydrogen) atoms. The average molecular weight is 299 g/mol. The lowest BCUT2D eigenvalue weighted by Crippen LogP contribution is -2.03. The van der Waals surface area contributed by atoms with Gasteiger partial charge in [-0.3, -0.25) is 0 Å². The summed E-state index contributed by atoms with van der Waals surface area (Å²) in [6, 6.07) is 9.88. The molecule has 0 radical (unpaired) electrons. The molecule has 2 aromatic heterocycles. The summed E-state index contributed by atoms with van der Waals surface area (Å²) in [6.07, 6.45) is 1.67. The van der Waals surface area contributed by atoms with Gasteiger partial charge in [0.25, 0.3) is 0 Å². The predicted octanol–water partition coefficient (Wildman–Crippen LogP) is 2.47. The third-order valence-corrected chi connectivity index (χ3v) is 3.17. The van der Waals surface area contributed by atoms with E-state index in [0.29, 0.717) is 24.9 Å². The number of hydrogen-bond donors (Lipinski definition) is 0. The minimum absolute atomic E-state index is 0.182. The van der Waals surface area contributed by atoms with Crippen LogP contribution in [0.4, 0.5) is 0 Å². The molecule has 0 aliphatic rings. The second kappa shape index (κ2) is 6.48. The lowest BCUT2D eigenvalue weighted by atomic mass is 10.2. The van der Waals surface area contributed by atoms with Crippen LogP contribution in [0.25, 0.3) is 11.3 Å². The summed E-state index contributed by atoms with van der Waals surface area (Å²) in [5, 5.41) is 12.2. The second-order valence-electron chi connectivity index (χ2n) is 4.81. The van der Waals surface area contributed by atoms with Crippen molar-refractivity contribution in [1.29, 1.82) is 0 Å². The SMILES string of the molecule is CCOC(C)c1noc(Cn2cc(-c3ccccc3)nn2)n1. The highest BCUT2D eigenvalue weighted by molar-refractivity contribution is 5.57. The lowest BCUT2D eigenvalue weighted by molar-refractivity contribution is 0.0683. The maximum atomic E-state index is 5.43. The third kappa shape index (κ3) is 3.20. The molecule has 0 fully saturated rings. The Kier molecular flexibility index (Phi) is 4.24. The van der Waals surface area contributed by atoms with Crippen molar-refractivity contribution >= 4 is 0 Å². The highest BCUT2D eigenvalue weighted by Crippen LogP contribution is 2.16. The fourth-order valence-electron chi connectivity index (χ4n) is 2.08. The minimum Gasteiger partial charge on any atom is -0.371 e. The normalized spacial score (nSPS) is 12.5. The van der Waals surface area contributed by atoms with Gasteiger partial charge < -0.3 is 9.26 Å². The molecule has 2 heterocycles. The van der Waals surface area contributed by atoms with Crippen molar-refractivity contribution in [3.05, 3.63) is 48.2 Å². The summed E-state index contributed by atoms with van der Waals surface area (Å²) in [6.45, 7) is 4.80. The molecule has 3 aromatic rings. The summed E-state index contributed by atoms with van der Waals surface area (Å²) < 4.78 is 12.3. The van der Waals surface area contributed by atoms with Gasteiger partial charge in [0.05, 0.1) is 6.20 Å². The van der Waals surface area contributed by atoms with Gasteiger partial charge in [0.15, 0.2) is 5.82 Å². The Morgan fingerprint density at radius 2 is 2.09 bits per heavy atom. The van der Waals surface area contributed by atoms with Gasteiger partial charge in [-0.1, -0.05) is 40.7 Å². The maximum Gasteiger partial charge on any atom is 0.248 e.